The summed E-state index contributed by atoms with van der Waals surface area (Å²) < 4.78 is 78.7. The average molecular weight is 715 g/mol. The molecule has 0 amide bonds. The molecule has 0 saturated heterocycles. The van der Waals surface area contributed by atoms with Gasteiger partial charge in [-0.25, -0.2) is 0 Å². The summed E-state index contributed by atoms with van der Waals surface area (Å²) in [7, 11) is -6.47. The fraction of sp³-hybridized carbons (Fsp3) is 0.0588. The van der Waals surface area contributed by atoms with E-state index in [0.717, 1.165) is 12.2 Å². The summed E-state index contributed by atoms with van der Waals surface area (Å²) in [6.45, 7) is 0. The molecule has 0 radical (unpaired) electrons. The normalized spacial score (nSPS) is 15.9. The largest absolute Gasteiger partial charge is 0.494 e. The number of ether oxygens (including phenoxy) is 2. The van der Waals surface area contributed by atoms with E-state index >= 15 is 0 Å². The molecule has 0 bridgehead atoms. The lowest BCUT2D eigenvalue weighted by molar-refractivity contribution is 0.105. The lowest BCUT2D eigenvalue weighted by atomic mass is 9.95. The van der Waals surface area contributed by atoms with E-state index < -0.39 is 41.6 Å². The van der Waals surface area contributed by atoms with Crippen LogP contribution in [0.25, 0.3) is 20.9 Å². The van der Waals surface area contributed by atoms with E-state index in [9.17, 15) is 35.5 Å². The van der Waals surface area contributed by atoms with Gasteiger partial charge >= 0.3 is 0 Å². The first-order chi connectivity index (χ1) is 23.8. The minimum absolute atomic E-state index is 0.0683. The first kappa shape index (κ1) is 33.9. The Kier molecular flexibility index (Phi) is 8.94. The van der Waals surface area contributed by atoms with Crippen LogP contribution in [-0.4, -0.2) is 63.2 Å². The number of hydrogen-bond donors (Lipinski definition) is 4. The monoisotopic (exact) mass is 714 g/mol. The fourth-order valence-corrected chi connectivity index (χ4v) is 6.80. The summed E-state index contributed by atoms with van der Waals surface area (Å²) in [4.78, 5) is 25.2. The SMILES string of the molecule is COc1cc(-c2ccc(NN=C3C=C(S(=O)(=O)O)c4ccccc4C3=O)c(OC)c2)ccc1NN=C1C=C(S(=O)(=O)O)c2ccccc2C1=O. The highest BCUT2D eigenvalue weighted by Gasteiger charge is 2.31. The van der Waals surface area contributed by atoms with Crippen molar-refractivity contribution in [3.05, 3.63) is 119 Å². The number of hydrogen-bond acceptors (Lipinski definition) is 12. The number of Topliss-reactive ketones (excluding diaryl/α,β-unsaturated/α-hetero) is 2. The van der Waals surface area contributed by atoms with Crippen LogP contribution in [0, 0.1) is 0 Å². The van der Waals surface area contributed by atoms with E-state index in [0.29, 0.717) is 34.0 Å². The molecule has 14 nitrogen and oxygen atoms in total. The molecule has 16 heteroatoms. The van der Waals surface area contributed by atoms with Crippen molar-refractivity contribution in [2.24, 2.45) is 10.2 Å². The van der Waals surface area contributed by atoms with Gasteiger partial charge in [-0.3, -0.25) is 29.5 Å². The topological polar surface area (TPSA) is 210 Å². The van der Waals surface area contributed by atoms with E-state index in [1.807, 2.05) is 0 Å². The minimum atomic E-state index is -4.66. The number of nitrogens with zero attached hydrogens (tertiary/aromatic N) is 2. The Balaban J connectivity index is 1.26. The van der Waals surface area contributed by atoms with Gasteiger partial charge in [0.05, 0.1) is 25.6 Å². The number of hydrazone groups is 2. The summed E-state index contributed by atoms with van der Waals surface area (Å²) in [6.07, 6.45) is 1.99. The third-order valence-electron chi connectivity index (χ3n) is 7.76. The molecule has 0 spiro atoms. The van der Waals surface area contributed by atoms with Crippen LogP contribution < -0.4 is 20.3 Å². The van der Waals surface area contributed by atoms with Gasteiger partial charge in [-0.1, -0.05) is 60.7 Å². The fourth-order valence-electron chi connectivity index (χ4n) is 5.36. The van der Waals surface area contributed by atoms with Crippen LogP contribution in [0.3, 0.4) is 0 Å². The number of carbonyl (C=O) groups is 2. The van der Waals surface area contributed by atoms with Gasteiger partial charge < -0.3 is 9.47 Å². The summed E-state index contributed by atoms with van der Waals surface area (Å²) >= 11 is 0. The van der Waals surface area contributed by atoms with Crippen LogP contribution in [0.1, 0.15) is 31.8 Å². The zero-order valence-electron chi connectivity index (χ0n) is 26.1. The molecule has 0 fully saturated rings. The second-order valence-electron chi connectivity index (χ2n) is 10.8. The molecule has 2 aliphatic rings. The molecule has 0 saturated carbocycles. The molecule has 6 rings (SSSR count). The van der Waals surface area contributed by atoms with Gasteiger partial charge in [0.15, 0.2) is 0 Å². The summed E-state index contributed by atoms with van der Waals surface area (Å²) in [6, 6.07) is 22.0. The van der Waals surface area contributed by atoms with Crippen molar-refractivity contribution in [1.29, 1.82) is 0 Å². The van der Waals surface area contributed by atoms with Crippen molar-refractivity contribution in [2.45, 2.75) is 0 Å². The zero-order valence-corrected chi connectivity index (χ0v) is 27.7. The van der Waals surface area contributed by atoms with E-state index in [-0.39, 0.29) is 33.7 Å². The summed E-state index contributed by atoms with van der Waals surface area (Å²) in [5, 5.41) is 8.22. The van der Waals surface area contributed by atoms with Crippen LogP contribution in [-0.2, 0) is 20.2 Å². The maximum atomic E-state index is 13.0. The van der Waals surface area contributed by atoms with Gasteiger partial charge in [-0.2, -0.15) is 27.0 Å². The quantitative estimate of drug-likeness (QED) is 0.131. The number of benzene rings is 4. The van der Waals surface area contributed by atoms with Crippen molar-refractivity contribution in [3.8, 4) is 22.6 Å². The number of fused-ring (bicyclic) bond motifs is 2. The van der Waals surface area contributed by atoms with Crippen molar-refractivity contribution in [3.63, 3.8) is 0 Å². The third-order valence-corrected chi connectivity index (χ3v) is 9.55. The van der Waals surface area contributed by atoms with Crippen molar-refractivity contribution < 1.29 is 45.0 Å². The minimum Gasteiger partial charge on any atom is -0.494 e. The Morgan fingerprint density at radius 2 is 0.920 bits per heavy atom. The second-order valence-corrected chi connectivity index (χ2v) is 13.5. The standard InChI is InChI=1S/C34H26N4O10S2/c1-47-29-15-19(11-13-25(29)35-37-27-17-31(49(41,42)43)21-7-3-5-9-23(21)33(27)39)20-12-14-26(30(16-20)48-2)36-38-28-18-32(50(44,45)46)22-8-4-6-10-24(22)34(28)40/h3-18,35-36H,1-2H3,(H,41,42,43)(H,44,45,46). The molecule has 254 valence electrons. The van der Waals surface area contributed by atoms with Gasteiger partial charge in [-0.15, -0.1) is 0 Å². The molecular formula is C34H26N4O10S2. The predicted molar refractivity (Wildman–Crippen MR) is 188 cm³/mol. The molecular weight excluding hydrogens is 689 g/mol. The Labute approximate surface area is 285 Å². The van der Waals surface area contributed by atoms with Crippen molar-refractivity contribution >= 4 is 64.4 Å². The molecule has 0 aliphatic heterocycles. The molecule has 4 aromatic carbocycles. The van der Waals surface area contributed by atoms with Crippen LogP contribution in [0.5, 0.6) is 11.5 Å². The Morgan fingerprint density at radius 1 is 0.560 bits per heavy atom. The number of ketones is 2. The van der Waals surface area contributed by atoms with Gasteiger partial charge in [-0.05, 0) is 47.5 Å². The molecule has 0 unspecified atom stereocenters. The van der Waals surface area contributed by atoms with Crippen molar-refractivity contribution in [1.82, 2.24) is 0 Å². The van der Waals surface area contributed by atoms with Crippen LogP contribution in [0.2, 0.25) is 0 Å². The van der Waals surface area contributed by atoms with E-state index in [1.54, 1.807) is 60.7 Å². The Hall–Kier alpha value is -5.94. The molecule has 50 heavy (non-hydrogen) atoms. The van der Waals surface area contributed by atoms with Crippen LogP contribution >= 0.6 is 0 Å². The third kappa shape index (κ3) is 6.55. The second kappa shape index (κ2) is 13.2. The highest BCUT2D eigenvalue weighted by Crippen LogP contribution is 2.36. The maximum absolute atomic E-state index is 13.0. The Morgan fingerprint density at radius 3 is 1.26 bits per heavy atom. The average Bonchev–Trinajstić information content (AvgIpc) is 3.10. The molecule has 4 N–H and O–H groups in total. The number of rotatable bonds is 9. The zero-order chi connectivity index (χ0) is 35.8. The molecule has 0 aromatic heterocycles. The van der Waals surface area contributed by atoms with Gasteiger partial charge in [0, 0.05) is 22.3 Å². The van der Waals surface area contributed by atoms with Crippen molar-refractivity contribution in [2.75, 3.05) is 25.1 Å². The first-order valence-corrected chi connectivity index (χ1v) is 17.4. The van der Waals surface area contributed by atoms with E-state index in [1.165, 1.54) is 38.5 Å². The molecule has 0 heterocycles. The van der Waals surface area contributed by atoms with Gasteiger partial charge in [0.1, 0.15) is 32.7 Å². The lowest BCUT2D eigenvalue weighted by Gasteiger charge is -2.17. The molecule has 0 atom stereocenters. The number of methoxy groups -OCH3 is 2. The summed E-state index contributed by atoms with van der Waals surface area (Å²) in [5.74, 6) is -0.455. The molecule has 4 aromatic rings. The maximum Gasteiger partial charge on any atom is 0.295 e. The van der Waals surface area contributed by atoms with Gasteiger partial charge in [0.25, 0.3) is 20.2 Å². The highest BCUT2D eigenvalue weighted by molar-refractivity contribution is 7.95. The number of carbonyl (C=O) groups excluding carboxylic acids is 2. The van der Waals surface area contributed by atoms with Crippen LogP contribution in [0.15, 0.2) is 107 Å². The Bertz CT molecular complexity index is 2280. The highest BCUT2D eigenvalue weighted by atomic mass is 32.2. The molecule has 2 aliphatic carbocycles. The number of nitrogens with one attached hydrogen (secondary N) is 2. The van der Waals surface area contributed by atoms with Crippen LogP contribution in [0.4, 0.5) is 11.4 Å². The number of anilines is 2. The predicted octanol–water partition coefficient (Wildman–Crippen LogP) is 5.16. The van der Waals surface area contributed by atoms with Gasteiger partial charge in [0.2, 0.25) is 11.6 Å². The van der Waals surface area contributed by atoms with E-state index in [2.05, 4.69) is 21.1 Å². The summed E-state index contributed by atoms with van der Waals surface area (Å²) in [5.41, 5.74) is 7.28. The first-order valence-electron chi connectivity index (χ1n) is 14.5. The number of allylic oxidation sites excluding steroid dienone is 2. The van der Waals surface area contributed by atoms with E-state index in [4.69, 9.17) is 9.47 Å². The smallest absolute Gasteiger partial charge is 0.295 e. The lowest BCUT2D eigenvalue weighted by Crippen LogP contribution is -2.22.